The van der Waals surface area contributed by atoms with Crippen molar-refractivity contribution in [3.05, 3.63) is 36.0 Å². The lowest BCUT2D eigenvalue weighted by Gasteiger charge is -2.05. The molecule has 0 atom stereocenters. The van der Waals surface area contributed by atoms with Gasteiger partial charge >= 0.3 is 0 Å². The summed E-state index contributed by atoms with van der Waals surface area (Å²) >= 11 is 0. The Morgan fingerprint density at radius 1 is 1.26 bits per heavy atom. The molecule has 0 amide bonds. The highest BCUT2D eigenvalue weighted by Crippen LogP contribution is 2.28. The van der Waals surface area contributed by atoms with Gasteiger partial charge in [0.2, 0.25) is 5.82 Å². The topological polar surface area (TPSA) is 81.4 Å². The number of aliphatic hydroxyl groups excluding tert-OH is 1. The number of fused-ring (bicyclic) bond motifs is 3. The van der Waals surface area contributed by atoms with Crippen molar-refractivity contribution in [1.29, 1.82) is 0 Å². The van der Waals surface area contributed by atoms with Crippen LogP contribution in [0.1, 0.15) is 17.7 Å². The van der Waals surface area contributed by atoms with Gasteiger partial charge in [0.05, 0.1) is 11.6 Å². The monoisotopic (exact) mass is 311 g/mol. The predicted octanol–water partition coefficient (Wildman–Crippen LogP) is 2.34. The zero-order valence-electron chi connectivity index (χ0n) is 13.0. The zero-order valence-corrected chi connectivity index (χ0v) is 13.0. The summed E-state index contributed by atoms with van der Waals surface area (Å²) in [5.74, 6) is 1.18. The van der Waals surface area contributed by atoms with E-state index in [1.54, 1.807) is 17.1 Å². The average molecular weight is 311 g/mol. The van der Waals surface area contributed by atoms with Crippen molar-refractivity contribution in [2.75, 3.05) is 6.61 Å². The maximum atomic E-state index is 9.11. The largest absolute Gasteiger partial charge is 0.461 e. The second kappa shape index (κ2) is 5.20. The van der Waals surface area contributed by atoms with Crippen LogP contribution in [-0.4, -0.2) is 35.9 Å². The fourth-order valence-electron chi connectivity index (χ4n) is 2.94. The molecule has 0 bridgehead atoms. The summed E-state index contributed by atoms with van der Waals surface area (Å²) in [7, 11) is 0. The molecule has 4 heterocycles. The van der Waals surface area contributed by atoms with Crippen LogP contribution >= 0.6 is 0 Å². The van der Waals surface area contributed by atoms with Crippen molar-refractivity contribution in [2.45, 2.75) is 26.8 Å². The molecule has 4 rings (SSSR count). The van der Waals surface area contributed by atoms with Crippen molar-refractivity contribution in [3.8, 4) is 11.6 Å². The quantitative estimate of drug-likeness (QED) is 0.625. The predicted molar refractivity (Wildman–Crippen MR) is 85.2 cm³/mol. The van der Waals surface area contributed by atoms with Gasteiger partial charge in [-0.25, -0.2) is 14.5 Å². The molecule has 0 aliphatic carbocycles. The third kappa shape index (κ3) is 2.04. The number of hydrogen-bond donors (Lipinski definition) is 1. The maximum Gasteiger partial charge on any atom is 0.217 e. The van der Waals surface area contributed by atoms with E-state index in [0.717, 1.165) is 34.5 Å². The van der Waals surface area contributed by atoms with E-state index in [-0.39, 0.29) is 6.61 Å². The molecule has 0 aromatic carbocycles. The summed E-state index contributed by atoms with van der Waals surface area (Å²) in [6.07, 6.45) is 3.97. The Morgan fingerprint density at radius 3 is 2.87 bits per heavy atom. The van der Waals surface area contributed by atoms with Gasteiger partial charge in [0, 0.05) is 18.8 Å². The fraction of sp³-hybridized carbons (Fsp3) is 0.312. The lowest BCUT2D eigenvalue weighted by molar-refractivity contribution is 0.280. The number of nitrogens with zero attached hydrogens (tertiary/aromatic N) is 5. The van der Waals surface area contributed by atoms with Crippen LogP contribution in [0.5, 0.6) is 0 Å². The minimum absolute atomic E-state index is 0.161. The van der Waals surface area contributed by atoms with E-state index in [9.17, 15) is 0 Å². The Labute approximate surface area is 132 Å². The first-order valence-electron chi connectivity index (χ1n) is 7.56. The van der Waals surface area contributed by atoms with Gasteiger partial charge in [-0.3, -0.25) is 0 Å². The lowest BCUT2D eigenvalue weighted by Crippen LogP contribution is -2.03. The minimum atomic E-state index is 0.161. The van der Waals surface area contributed by atoms with Gasteiger partial charge < -0.3 is 14.1 Å². The Hall–Kier alpha value is -2.67. The van der Waals surface area contributed by atoms with Gasteiger partial charge in [0.1, 0.15) is 12.0 Å². The van der Waals surface area contributed by atoms with Crippen LogP contribution in [0, 0.1) is 13.8 Å². The summed E-state index contributed by atoms with van der Waals surface area (Å²) < 4.78 is 9.19. The van der Waals surface area contributed by atoms with Gasteiger partial charge in [0.25, 0.3) is 0 Å². The molecule has 0 aliphatic heterocycles. The number of aromatic nitrogens is 5. The Balaban J connectivity index is 1.97. The molecule has 23 heavy (non-hydrogen) atoms. The Kier molecular flexibility index (Phi) is 3.16. The van der Waals surface area contributed by atoms with E-state index in [1.807, 2.05) is 12.1 Å². The zero-order chi connectivity index (χ0) is 16.0. The molecule has 0 radical (unpaired) electrons. The first-order chi connectivity index (χ1) is 11.2. The third-order valence-electron chi connectivity index (χ3n) is 4.23. The summed E-state index contributed by atoms with van der Waals surface area (Å²) in [5, 5.41) is 14.5. The summed E-state index contributed by atoms with van der Waals surface area (Å²) in [4.78, 5) is 9.18. The fourth-order valence-corrected chi connectivity index (χ4v) is 2.94. The molecule has 7 heteroatoms. The van der Waals surface area contributed by atoms with E-state index in [2.05, 4.69) is 33.5 Å². The highest BCUT2D eigenvalue weighted by molar-refractivity contribution is 5.94. The van der Waals surface area contributed by atoms with E-state index in [0.29, 0.717) is 18.0 Å². The molecule has 4 aromatic heterocycles. The number of rotatable bonds is 4. The first-order valence-corrected chi connectivity index (χ1v) is 7.56. The molecule has 0 aliphatic rings. The number of hydrogen-bond acceptors (Lipinski definition) is 5. The van der Waals surface area contributed by atoms with Gasteiger partial charge in [-0.05, 0) is 38.0 Å². The van der Waals surface area contributed by atoms with Crippen molar-refractivity contribution in [2.24, 2.45) is 0 Å². The van der Waals surface area contributed by atoms with Crippen molar-refractivity contribution < 1.29 is 9.52 Å². The summed E-state index contributed by atoms with van der Waals surface area (Å²) in [5.41, 5.74) is 3.91. The average Bonchev–Trinajstić information content (AvgIpc) is 3.25. The SMILES string of the molecule is Cc1c(C)n(CCCO)c2ncn3nc(-c4ccco4)nc3c12. The van der Waals surface area contributed by atoms with Crippen LogP contribution in [0.3, 0.4) is 0 Å². The van der Waals surface area contributed by atoms with E-state index >= 15 is 0 Å². The lowest BCUT2D eigenvalue weighted by atomic mass is 10.2. The molecule has 0 spiro atoms. The highest BCUT2D eigenvalue weighted by Gasteiger charge is 2.18. The van der Waals surface area contributed by atoms with E-state index in [1.165, 1.54) is 0 Å². The van der Waals surface area contributed by atoms with Gasteiger partial charge in [0.15, 0.2) is 11.4 Å². The van der Waals surface area contributed by atoms with Gasteiger partial charge in [-0.2, -0.15) is 0 Å². The molecule has 1 N–H and O–H groups in total. The Bertz CT molecular complexity index is 981. The first kappa shape index (κ1) is 14.0. The molecule has 7 nitrogen and oxygen atoms in total. The Morgan fingerprint density at radius 2 is 2.13 bits per heavy atom. The minimum Gasteiger partial charge on any atom is -0.461 e. The molecule has 0 saturated carbocycles. The molecule has 0 saturated heterocycles. The molecular weight excluding hydrogens is 294 g/mol. The molecule has 0 fully saturated rings. The molecule has 4 aromatic rings. The van der Waals surface area contributed by atoms with Crippen LogP contribution in [0.2, 0.25) is 0 Å². The van der Waals surface area contributed by atoms with Gasteiger partial charge in [-0.1, -0.05) is 0 Å². The smallest absolute Gasteiger partial charge is 0.217 e. The number of aryl methyl sites for hydroxylation is 2. The van der Waals surface area contributed by atoms with Crippen LogP contribution in [-0.2, 0) is 6.54 Å². The van der Waals surface area contributed by atoms with Crippen LogP contribution in [0.25, 0.3) is 28.3 Å². The maximum absolute atomic E-state index is 9.11. The standard InChI is InChI=1S/C16H17N5O2/c1-10-11(2)20(6-4-7-22)15-13(10)16-18-14(12-5-3-8-23-12)19-21(16)9-17-15/h3,5,8-9,22H,4,6-7H2,1-2H3. The summed E-state index contributed by atoms with van der Waals surface area (Å²) in [6, 6.07) is 3.65. The molecule has 0 unspecified atom stereocenters. The van der Waals surface area contributed by atoms with E-state index < -0.39 is 0 Å². The number of aliphatic hydroxyl groups is 1. The van der Waals surface area contributed by atoms with Crippen LogP contribution in [0.15, 0.2) is 29.1 Å². The normalized spacial score (nSPS) is 11.8. The molecular formula is C16H17N5O2. The number of furan rings is 1. The summed E-state index contributed by atoms with van der Waals surface area (Å²) in [6.45, 7) is 5.02. The molecule has 118 valence electrons. The van der Waals surface area contributed by atoms with Gasteiger partial charge in [-0.15, -0.1) is 5.10 Å². The van der Waals surface area contributed by atoms with Crippen molar-refractivity contribution >= 4 is 16.7 Å². The van der Waals surface area contributed by atoms with E-state index in [4.69, 9.17) is 9.52 Å². The van der Waals surface area contributed by atoms with Crippen molar-refractivity contribution in [3.63, 3.8) is 0 Å². The van der Waals surface area contributed by atoms with Crippen molar-refractivity contribution in [1.82, 2.24) is 24.1 Å². The van der Waals surface area contributed by atoms with Crippen LogP contribution < -0.4 is 0 Å². The third-order valence-corrected chi connectivity index (χ3v) is 4.23. The second-order valence-corrected chi connectivity index (χ2v) is 5.56. The highest BCUT2D eigenvalue weighted by atomic mass is 16.3. The second-order valence-electron chi connectivity index (χ2n) is 5.56. The van der Waals surface area contributed by atoms with Crippen LogP contribution in [0.4, 0.5) is 0 Å².